The van der Waals surface area contributed by atoms with E-state index in [1.54, 1.807) is 0 Å². The fraction of sp³-hybridized carbons (Fsp3) is 0.846. The first-order valence-electron chi connectivity index (χ1n) is 7.04. The van der Waals surface area contributed by atoms with Crippen molar-refractivity contribution in [3.05, 3.63) is 0 Å². The Morgan fingerprint density at radius 3 is 2.55 bits per heavy atom. The minimum absolute atomic E-state index is 0.0859. The van der Waals surface area contributed by atoms with Crippen LogP contribution in [0.4, 0.5) is 18.0 Å². The number of aliphatic carboxylic acids is 1. The van der Waals surface area contributed by atoms with Crippen LogP contribution >= 0.6 is 0 Å². The van der Waals surface area contributed by atoms with E-state index in [4.69, 9.17) is 4.74 Å². The number of hydrogen-bond acceptors (Lipinski definition) is 3. The fourth-order valence-electron chi connectivity index (χ4n) is 2.80. The highest BCUT2D eigenvalue weighted by molar-refractivity contribution is 5.80. The maximum absolute atomic E-state index is 12.9. The zero-order valence-corrected chi connectivity index (χ0v) is 12.2. The largest absolute Gasteiger partial charge is 0.481 e. The summed E-state index contributed by atoms with van der Waals surface area (Å²) in [6.45, 7) is -0.147. The Morgan fingerprint density at radius 1 is 1.45 bits per heavy atom. The van der Waals surface area contributed by atoms with E-state index in [2.05, 4.69) is 0 Å². The number of alkyl halides is 3. The lowest BCUT2D eigenvalue weighted by Gasteiger charge is -2.27. The molecular formula is C13H19F3N2O4. The summed E-state index contributed by atoms with van der Waals surface area (Å²) in [7, 11) is 1.35. The van der Waals surface area contributed by atoms with E-state index in [0.29, 0.717) is 12.8 Å². The summed E-state index contributed by atoms with van der Waals surface area (Å²) in [5.74, 6) is -1.69. The van der Waals surface area contributed by atoms with Gasteiger partial charge in [0.25, 0.3) is 0 Å². The molecule has 1 saturated carbocycles. The zero-order chi connectivity index (χ0) is 16.5. The smallest absolute Gasteiger partial charge is 0.408 e. The topological polar surface area (TPSA) is 78.9 Å². The van der Waals surface area contributed by atoms with Crippen LogP contribution in [-0.4, -0.2) is 61.0 Å². The SMILES string of the molecule is COCC1(C(=O)O)CCN(C(=O)NC(C2CC2)C(F)(F)F)C1. The molecule has 2 atom stereocenters. The molecule has 2 amide bonds. The van der Waals surface area contributed by atoms with Crippen molar-refractivity contribution < 1.29 is 32.6 Å². The summed E-state index contributed by atoms with van der Waals surface area (Å²) in [6.07, 6.45) is -3.46. The Morgan fingerprint density at radius 2 is 2.09 bits per heavy atom. The quantitative estimate of drug-likeness (QED) is 0.802. The van der Waals surface area contributed by atoms with Crippen molar-refractivity contribution in [2.24, 2.45) is 11.3 Å². The molecule has 2 fully saturated rings. The van der Waals surface area contributed by atoms with Gasteiger partial charge in [-0.1, -0.05) is 0 Å². The summed E-state index contributed by atoms with van der Waals surface area (Å²) in [5.41, 5.74) is -1.25. The number of methoxy groups -OCH3 is 1. The molecule has 2 unspecified atom stereocenters. The summed E-state index contributed by atoms with van der Waals surface area (Å²) in [4.78, 5) is 24.5. The van der Waals surface area contributed by atoms with Crippen molar-refractivity contribution in [2.75, 3.05) is 26.8 Å². The molecule has 0 bridgehead atoms. The van der Waals surface area contributed by atoms with Crippen molar-refractivity contribution in [2.45, 2.75) is 31.5 Å². The fourth-order valence-corrected chi connectivity index (χ4v) is 2.80. The van der Waals surface area contributed by atoms with Gasteiger partial charge < -0.3 is 20.1 Å². The second-order valence-corrected chi connectivity index (χ2v) is 6.00. The van der Waals surface area contributed by atoms with Crippen LogP contribution in [-0.2, 0) is 9.53 Å². The Labute approximate surface area is 125 Å². The van der Waals surface area contributed by atoms with E-state index in [9.17, 15) is 27.9 Å². The minimum atomic E-state index is -4.49. The van der Waals surface area contributed by atoms with Gasteiger partial charge >= 0.3 is 18.2 Å². The molecule has 0 aromatic rings. The van der Waals surface area contributed by atoms with E-state index in [1.165, 1.54) is 7.11 Å². The van der Waals surface area contributed by atoms with Gasteiger partial charge in [0.05, 0.1) is 6.61 Å². The molecule has 0 aromatic heterocycles. The Balaban J connectivity index is 2.00. The van der Waals surface area contributed by atoms with Crippen molar-refractivity contribution >= 4 is 12.0 Å². The molecule has 2 aliphatic rings. The molecule has 9 heteroatoms. The van der Waals surface area contributed by atoms with Crippen LogP contribution in [0.5, 0.6) is 0 Å². The van der Waals surface area contributed by atoms with E-state index >= 15 is 0 Å². The summed E-state index contributed by atoms with van der Waals surface area (Å²) >= 11 is 0. The van der Waals surface area contributed by atoms with Crippen LogP contribution in [0.15, 0.2) is 0 Å². The van der Waals surface area contributed by atoms with Gasteiger partial charge in [0.2, 0.25) is 0 Å². The van der Waals surface area contributed by atoms with Gasteiger partial charge in [0.15, 0.2) is 0 Å². The van der Waals surface area contributed by atoms with Crippen LogP contribution in [0.25, 0.3) is 0 Å². The predicted molar refractivity (Wildman–Crippen MR) is 69.2 cm³/mol. The van der Waals surface area contributed by atoms with Crippen molar-refractivity contribution in [1.82, 2.24) is 10.2 Å². The number of hydrogen-bond donors (Lipinski definition) is 2. The van der Waals surface area contributed by atoms with E-state index < -0.39 is 35.6 Å². The maximum atomic E-state index is 12.9. The highest BCUT2D eigenvalue weighted by Gasteiger charge is 2.51. The molecule has 0 aromatic carbocycles. The molecule has 0 radical (unpaired) electrons. The van der Waals surface area contributed by atoms with Crippen LogP contribution in [0.1, 0.15) is 19.3 Å². The molecular weight excluding hydrogens is 305 g/mol. The first-order valence-corrected chi connectivity index (χ1v) is 7.04. The third kappa shape index (κ3) is 3.45. The second-order valence-electron chi connectivity index (χ2n) is 6.00. The van der Waals surface area contributed by atoms with Gasteiger partial charge in [-0.3, -0.25) is 4.79 Å². The van der Waals surface area contributed by atoms with Crippen molar-refractivity contribution in [3.63, 3.8) is 0 Å². The third-order valence-electron chi connectivity index (χ3n) is 4.24. The highest BCUT2D eigenvalue weighted by Crippen LogP contribution is 2.40. The van der Waals surface area contributed by atoms with Gasteiger partial charge in [-0.05, 0) is 25.2 Å². The normalized spacial score (nSPS) is 26.8. The molecule has 1 aliphatic carbocycles. The average Bonchev–Trinajstić information content (AvgIpc) is 3.14. The Kier molecular flexibility index (Phi) is 4.55. The number of nitrogens with zero attached hydrogens (tertiary/aromatic N) is 1. The van der Waals surface area contributed by atoms with E-state index in [0.717, 1.165) is 4.90 Å². The highest BCUT2D eigenvalue weighted by atomic mass is 19.4. The molecule has 1 saturated heterocycles. The number of amides is 2. The number of carbonyl (C=O) groups excluding carboxylic acids is 1. The maximum Gasteiger partial charge on any atom is 0.408 e. The average molecular weight is 324 g/mol. The van der Waals surface area contributed by atoms with Crippen LogP contribution in [0, 0.1) is 11.3 Å². The van der Waals surface area contributed by atoms with E-state index in [1.807, 2.05) is 5.32 Å². The number of rotatable bonds is 5. The molecule has 1 aliphatic heterocycles. The Hall–Kier alpha value is -1.51. The number of carbonyl (C=O) groups is 2. The number of carboxylic acids is 1. The number of ether oxygens (including phenoxy) is 1. The first kappa shape index (κ1) is 16.9. The number of nitrogens with one attached hydrogen (secondary N) is 1. The predicted octanol–water partition coefficient (Wildman–Crippen LogP) is 1.46. The molecule has 1 heterocycles. The number of urea groups is 1. The monoisotopic (exact) mass is 324 g/mol. The molecule has 126 valence electrons. The van der Waals surface area contributed by atoms with Crippen LogP contribution in [0.3, 0.4) is 0 Å². The van der Waals surface area contributed by atoms with E-state index in [-0.39, 0.29) is 26.1 Å². The number of halogens is 3. The van der Waals surface area contributed by atoms with Gasteiger partial charge in [-0.15, -0.1) is 0 Å². The van der Waals surface area contributed by atoms with Crippen LogP contribution in [0.2, 0.25) is 0 Å². The van der Waals surface area contributed by atoms with Gasteiger partial charge in [-0.2, -0.15) is 13.2 Å². The molecule has 6 nitrogen and oxygen atoms in total. The second kappa shape index (κ2) is 5.94. The number of carboxylic acid groups (broad SMARTS) is 1. The lowest BCUT2D eigenvalue weighted by molar-refractivity contribution is -0.158. The van der Waals surface area contributed by atoms with Crippen molar-refractivity contribution in [1.29, 1.82) is 0 Å². The lowest BCUT2D eigenvalue weighted by atomic mass is 9.88. The summed E-state index contributed by atoms with van der Waals surface area (Å²) in [6, 6.07) is -2.73. The van der Waals surface area contributed by atoms with Crippen molar-refractivity contribution in [3.8, 4) is 0 Å². The summed E-state index contributed by atoms with van der Waals surface area (Å²) in [5, 5.41) is 11.3. The first-order chi connectivity index (χ1) is 10.2. The van der Waals surface area contributed by atoms with Gasteiger partial charge in [0, 0.05) is 20.2 Å². The van der Waals surface area contributed by atoms with Gasteiger partial charge in [0.1, 0.15) is 11.5 Å². The van der Waals surface area contributed by atoms with Crippen LogP contribution < -0.4 is 5.32 Å². The minimum Gasteiger partial charge on any atom is -0.481 e. The molecule has 2 N–H and O–H groups in total. The lowest BCUT2D eigenvalue weighted by Crippen LogP contribution is -2.52. The molecule has 22 heavy (non-hydrogen) atoms. The zero-order valence-electron chi connectivity index (χ0n) is 12.2. The Bertz CT molecular complexity index is 453. The standard InChI is InChI=1S/C13H19F3N2O4/c1-22-7-12(10(19)20)4-5-18(6-12)11(21)17-9(8-2-3-8)13(14,15)16/h8-9H,2-7H2,1H3,(H,17,21)(H,19,20). The van der Waals surface area contributed by atoms with Gasteiger partial charge in [-0.25, -0.2) is 4.79 Å². The third-order valence-corrected chi connectivity index (χ3v) is 4.24. The molecule has 2 rings (SSSR count). The number of likely N-dealkylation sites (tertiary alicyclic amines) is 1. The summed E-state index contributed by atoms with van der Waals surface area (Å²) < 4.78 is 43.6. The molecule has 0 spiro atoms.